The van der Waals surface area contributed by atoms with E-state index in [-0.39, 0.29) is 6.61 Å². The number of rotatable bonds is 6. The number of anilines is 1. The topological polar surface area (TPSA) is 61.3 Å². The van der Waals surface area contributed by atoms with Gasteiger partial charge in [0.2, 0.25) is 0 Å². The summed E-state index contributed by atoms with van der Waals surface area (Å²) in [6.07, 6.45) is 4.62. The summed E-state index contributed by atoms with van der Waals surface area (Å²) in [7, 11) is 0. The second-order valence-corrected chi connectivity index (χ2v) is 5.53. The molecule has 2 heterocycles. The highest BCUT2D eigenvalue weighted by Crippen LogP contribution is 2.23. The van der Waals surface area contributed by atoms with Crippen molar-refractivity contribution in [2.24, 2.45) is 0 Å². The summed E-state index contributed by atoms with van der Waals surface area (Å²) in [6.45, 7) is 5.20. The smallest absolute Gasteiger partial charge is 0.134 e. The van der Waals surface area contributed by atoms with Crippen LogP contribution in [0, 0.1) is 0 Å². The molecule has 0 aromatic carbocycles. The van der Waals surface area contributed by atoms with Gasteiger partial charge in [-0.15, -0.1) is 5.10 Å². The van der Waals surface area contributed by atoms with E-state index in [4.69, 9.17) is 0 Å². The third-order valence-corrected chi connectivity index (χ3v) is 4.13. The molecule has 102 valence electrons. The summed E-state index contributed by atoms with van der Waals surface area (Å²) >= 11 is 1.43. The minimum absolute atomic E-state index is 0.245. The van der Waals surface area contributed by atoms with Gasteiger partial charge in [-0.05, 0) is 25.8 Å². The molecule has 0 radical (unpaired) electrons. The van der Waals surface area contributed by atoms with Gasteiger partial charge in [0.15, 0.2) is 0 Å². The molecule has 1 saturated heterocycles. The van der Waals surface area contributed by atoms with Crippen molar-refractivity contribution in [2.45, 2.75) is 45.2 Å². The van der Waals surface area contributed by atoms with Crippen molar-refractivity contribution in [1.82, 2.24) is 14.5 Å². The fourth-order valence-electron chi connectivity index (χ4n) is 2.35. The highest BCUT2D eigenvalue weighted by atomic mass is 32.1. The molecule has 1 atom stereocenters. The summed E-state index contributed by atoms with van der Waals surface area (Å²) < 4.78 is 4.03. The maximum atomic E-state index is 9.41. The molecule has 0 saturated carbocycles. The zero-order chi connectivity index (χ0) is 12.8. The first-order valence-corrected chi connectivity index (χ1v) is 7.52. The van der Waals surface area contributed by atoms with Crippen molar-refractivity contribution in [2.75, 3.05) is 25.0 Å². The van der Waals surface area contributed by atoms with Crippen molar-refractivity contribution >= 4 is 16.5 Å². The second kappa shape index (κ2) is 7.01. The van der Waals surface area contributed by atoms with Crippen molar-refractivity contribution in [3.63, 3.8) is 0 Å². The molecule has 5 nitrogen and oxygen atoms in total. The molecule has 0 spiro atoms. The first-order valence-electron chi connectivity index (χ1n) is 6.75. The molecular weight excluding hydrogens is 248 g/mol. The van der Waals surface area contributed by atoms with Gasteiger partial charge in [-0.1, -0.05) is 17.8 Å². The zero-order valence-corrected chi connectivity index (χ0v) is 11.7. The molecule has 1 aliphatic heterocycles. The molecule has 6 heteroatoms. The van der Waals surface area contributed by atoms with E-state index in [1.165, 1.54) is 24.4 Å². The molecule has 1 fully saturated rings. The average molecular weight is 270 g/mol. The van der Waals surface area contributed by atoms with Crippen LogP contribution in [0.2, 0.25) is 0 Å². The second-order valence-electron chi connectivity index (χ2n) is 4.78. The standard InChI is InChI=1S/C12H22N4OS/c1-2-6-13-12-11(14-15-18-12)8-16-7-4-3-5-10(16)9-17/h10,13,17H,2-9H2,1H3. The third kappa shape index (κ3) is 3.40. The zero-order valence-electron chi connectivity index (χ0n) is 10.9. The van der Waals surface area contributed by atoms with E-state index in [1.54, 1.807) is 0 Å². The number of aliphatic hydroxyl groups excluding tert-OH is 1. The maximum Gasteiger partial charge on any atom is 0.134 e. The molecule has 0 bridgehead atoms. The van der Waals surface area contributed by atoms with E-state index >= 15 is 0 Å². The summed E-state index contributed by atoms with van der Waals surface area (Å²) in [5.74, 6) is 0. The fourth-order valence-corrected chi connectivity index (χ4v) is 2.95. The van der Waals surface area contributed by atoms with E-state index in [0.29, 0.717) is 6.04 Å². The Morgan fingerprint density at radius 3 is 3.17 bits per heavy atom. The molecule has 1 aliphatic rings. The van der Waals surface area contributed by atoms with Gasteiger partial charge in [0.25, 0.3) is 0 Å². The van der Waals surface area contributed by atoms with E-state index in [0.717, 1.165) is 43.2 Å². The van der Waals surface area contributed by atoms with E-state index in [2.05, 4.69) is 26.7 Å². The largest absolute Gasteiger partial charge is 0.395 e. The lowest BCUT2D eigenvalue weighted by atomic mass is 10.0. The Bertz CT molecular complexity index is 358. The normalized spacial score (nSPS) is 21.1. The van der Waals surface area contributed by atoms with E-state index in [1.807, 2.05) is 0 Å². The van der Waals surface area contributed by atoms with Crippen LogP contribution in [0.4, 0.5) is 5.00 Å². The third-order valence-electron chi connectivity index (χ3n) is 3.40. The molecule has 1 aromatic rings. The summed E-state index contributed by atoms with van der Waals surface area (Å²) in [5, 5.41) is 18.1. The molecule has 18 heavy (non-hydrogen) atoms. The maximum absolute atomic E-state index is 9.41. The number of hydrogen-bond acceptors (Lipinski definition) is 6. The van der Waals surface area contributed by atoms with Gasteiger partial charge in [0.05, 0.1) is 6.61 Å². The minimum Gasteiger partial charge on any atom is -0.395 e. The minimum atomic E-state index is 0.245. The van der Waals surface area contributed by atoms with Gasteiger partial charge in [-0.3, -0.25) is 4.90 Å². The van der Waals surface area contributed by atoms with Gasteiger partial charge in [-0.25, -0.2) is 0 Å². The number of nitrogens with one attached hydrogen (secondary N) is 1. The monoisotopic (exact) mass is 270 g/mol. The fraction of sp³-hybridized carbons (Fsp3) is 0.833. The molecular formula is C12H22N4OS. The van der Waals surface area contributed by atoms with Crippen LogP contribution in [0.3, 0.4) is 0 Å². The molecule has 0 amide bonds. The summed E-state index contributed by atoms with van der Waals surface area (Å²) in [4.78, 5) is 2.33. The molecule has 2 N–H and O–H groups in total. The first kappa shape index (κ1) is 13.7. The van der Waals surface area contributed by atoms with Crippen LogP contribution < -0.4 is 5.32 Å². The number of hydrogen-bond donors (Lipinski definition) is 2. The van der Waals surface area contributed by atoms with Gasteiger partial charge in [-0.2, -0.15) is 0 Å². The highest BCUT2D eigenvalue weighted by molar-refractivity contribution is 7.10. The summed E-state index contributed by atoms with van der Waals surface area (Å²) in [5.41, 5.74) is 1.02. The molecule has 0 aliphatic carbocycles. The molecule has 2 rings (SSSR count). The lowest BCUT2D eigenvalue weighted by Crippen LogP contribution is -2.41. The predicted octanol–water partition coefficient (Wildman–Crippen LogP) is 1.71. The predicted molar refractivity (Wildman–Crippen MR) is 73.8 cm³/mol. The molecule has 1 unspecified atom stereocenters. The van der Waals surface area contributed by atoms with Crippen molar-refractivity contribution < 1.29 is 5.11 Å². The number of aromatic nitrogens is 2. The Hall–Kier alpha value is -0.720. The van der Waals surface area contributed by atoms with Gasteiger partial charge >= 0.3 is 0 Å². The Morgan fingerprint density at radius 1 is 1.50 bits per heavy atom. The quantitative estimate of drug-likeness (QED) is 0.824. The summed E-state index contributed by atoms with van der Waals surface area (Å²) in [6, 6.07) is 0.291. The first-order chi connectivity index (χ1) is 8.85. The lowest BCUT2D eigenvalue weighted by molar-refractivity contribution is 0.0832. The van der Waals surface area contributed by atoms with Crippen molar-refractivity contribution in [3.05, 3.63) is 5.69 Å². The number of nitrogens with zero attached hydrogens (tertiary/aromatic N) is 3. The Kier molecular flexibility index (Phi) is 5.34. The van der Waals surface area contributed by atoms with Crippen LogP contribution in [0.15, 0.2) is 0 Å². The van der Waals surface area contributed by atoms with Crippen LogP contribution in [0.1, 0.15) is 38.3 Å². The van der Waals surface area contributed by atoms with Crippen LogP contribution in [-0.2, 0) is 6.54 Å². The van der Waals surface area contributed by atoms with Gasteiger partial charge < -0.3 is 10.4 Å². The van der Waals surface area contributed by atoms with Crippen LogP contribution in [0.25, 0.3) is 0 Å². The van der Waals surface area contributed by atoms with Gasteiger partial charge in [0, 0.05) is 30.7 Å². The number of piperidine rings is 1. The van der Waals surface area contributed by atoms with Crippen molar-refractivity contribution in [3.8, 4) is 0 Å². The van der Waals surface area contributed by atoms with Crippen LogP contribution in [0.5, 0.6) is 0 Å². The molecule has 1 aromatic heterocycles. The average Bonchev–Trinajstić information content (AvgIpc) is 2.84. The van der Waals surface area contributed by atoms with Crippen LogP contribution >= 0.6 is 11.5 Å². The van der Waals surface area contributed by atoms with Gasteiger partial charge in [0.1, 0.15) is 10.7 Å². The van der Waals surface area contributed by atoms with E-state index in [9.17, 15) is 5.11 Å². The van der Waals surface area contributed by atoms with E-state index < -0.39 is 0 Å². The van der Waals surface area contributed by atoms with Crippen LogP contribution in [-0.4, -0.2) is 45.3 Å². The Labute approximate surface area is 112 Å². The Balaban J connectivity index is 1.96. The Morgan fingerprint density at radius 2 is 2.39 bits per heavy atom. The van der Waals surface area contributed by atoms with Crippen molar-refractivity contribution in [1.29, 1.82) is 0 Å². The highest BCUT2D eigenvalue weighted by Gasteiger charge is 2.23. The SMILES string of the molecule is CCCNc1snnc1CN1CCCCC1CO. The number of aliphatic hydroxyl groups is 1. The lowest BCUT2D eigenvalue weighted by Gasteiger charge is -2.34. The number of likely N-dealkylation sites (tertiary alicyclic amines) is 1.